The summed E-state index contributed by atoms with van der Waals surface area (Å²) in [5.74, 6) is 0.730. The number of hydrogen-bond acceptors (Lipinski definition) is 2. The Morgan fingerprint density at radius 3 is 2.86 bits per heavy atom. The van der Waals surface area contributed by atoms with Gasteiger partial charge in [0.15, 0.2) is 0 Å². The summed E-state index contributed by atoms with van der Waals surface area (Å²) < 4.78 is 0. The molecule has 0 spiro atoms. The molecule has 2 nitrogen and oxygen atoms in total. The van der Waals surface area contributed by atoms with Gasteiger partial charge >= 0.3 is 0 Å². The molecule has 2 heteroatoms. The van der Waals surface area contributed by atoms with E-state index in [4.69, 9.17) is 0 Å². The van der Waals surface area contributed by atoms with Crippen LogP contribution >= 0.6 is 0 Å². The Kier molecular flexibility index (Phi) is 4.60. The molecule has 78 valence electrons. The average Bonchev–Trinajstić information content (AvgIpc) is 2.15. The number of aryl methyl sites for hydroxylation is 1. The fourth-order valence-corrected chi connectivity index (χ4v) is 1.40. The Hall–Kier alpha value is -0.890. The number of aromatic nitrogens is 1. The number of hydrogen-bond donors (Lipinski definition) is 1. The van der Waals surface area contributed by atoms with E-state index >= 15 is 0 Å². The van der Waals surface area contributed by atoms with E-state index in [0.29, 0.717) is 0 Å². The number of rotatable bonds is 5. The van der Waals surface area contributed by atoms with Gasteiger partial charge in [-0.15, -0.1) is 0 Å². The summed E-state index contributed by atoms with van der Waals surface area (Å²) in [6.45, 7) is 8.73. The van der Waals surface area contributed by atoms with Crippen LogP contribution in [0.4, 0.5) is 0 Å². The quantitative estimate of drug-likeness (QED) is 0.723. The van der Waals surface area contributed by atoms with Crippen molar-refractivity contribution >= 4 is 0 Å². The summed E-state index contributed by atoms with van der Waals surface area (Å²) in [7, 11) is 0. The number of nitrogens with zero attached hydrogens (tertiary/aromatic N) is 1. The molecule has 14 heavy (non-hydrogen) atoms. The monoisotopic (exact) mass is 192 g/mol. The minimum absolute atomic E-state index is 0.730. The van der Waals surface area contributed by atoms with Crippen molar-refractivity contribution in [2.24, 2.45) is 5.92 Å². The zero-order chi connectivity index (χ0) is 10.4. The molecule has 0 amide bonds. The molecule has 0 saturated carbocycles. The molecule has 0 aliphatic rings. The van der Waals surface area contributed by atoms with Crippen molar-refractivity contribution in [2.45, 2.75) is 27.2 Å². The normalized spacial score (nSPS) is 10.9. The first-order valence-electron chi connectivity index (χ1n) is 5.30. The van der Waals surface area contributed by atoms with Crippen LogP contribution < -0.4 is 5.32 Å². The van der Waals surface area contributed by atoms with E-state index < -0.39 is 0 Å². The molecule has 0 aliphatic carbocycles. The molecule has 0 atom stereocenters. The van der Waals surface area contributed by atoms with E-state index in [0.717, 1.165) is 25.4 Å². The smallest absolute Gasteiger partial charge is 0.0299 e. The Morgan fingerprint density at radius 1 is 1.43 bits per heavy atom. The molecule has 1 N–H and O–H groups in total. The molecule has 1 aromatic rings. The minimum atomic E-state index is 0.730. The van der Waals surface area contributed by atoms with Gasteiger partial charge in [0.1, 0.15) is 0 Å². The maximum atomic E-state index is 4.08. The van der Waals surface area contributed by atoms with Crippen LogP contribution in [0.2, 0.25) is 0 Å². The van der Waals surface area contributed by atoms with Crippen LogP contribution in [0.5, 0.6) is 0 Å². The average molecular weight is 192 g/mol. The van der Waals surface area contributed by atoms with Gasteiger partial charge in [0.2, 0.25) is 0 Å². The number of nitrogens with one attached hydrogen (secondary N) is 1. The first-order valence-corrected chi connectivity index (χ1v) is 5.30. The summed E-state index contributed by atoms with van der Waals surface area (Å²) in [6, 6.07) is 2.10. The molecule has 0 unspecified atom stereocenters. The van der Waals surface area contributed by atoms with Gasteiger partial charge in [0.25, 0.3) is 0 Å². The topological polar surface area (TPSA) is 24.9 Å². The third-order valence-corrected chi connectivity index (χ3v) is 2.26. The summed E-state index contributed by atoms with van der Waals surface area (Å²) in [6.07, 6.45) is 4.89. The molecule has 0 fully saturated rings. The van der Waals surface area contributed by atoms with Crippen molar-refractivity contribution in [1.29, 1.82) is 0 Å². The van der Waals surface area contributed by atoms with E-state index in [1.54, 1.807) is 0 Å². The zero-order valence-electron chi connectivity index (χ0n) is 9.38. The van der Waals surface area contributed by atoms with E-state index in [1.165, 1.54) is 11.1 Å². The van der Waals surface area contributed by atoms with Gasteiger partial charge in [0, 0.05) is 12.4 Å². The van der Waals surface area contributed by atoms with E-state index in [1.807, 2.05) is 12.4 Å². The highest BCUT2D eigenvalue weighted by molar-refractivity contribution is 5.21. The lowest BCUT2D eigenvalue weighted by molar-refractivity contribution is 0.554. The van der Waals surface area contributed by atoms with Crippen molar-refractivity contribution < 1.29 is 0 Å². The van der Waals surface area contributed by atoms with Gasteiger partial charge in [-0.1, -0.05) is 13.8 Å². The highest BCUT2D eigenvalue weighted by Crippen LogP contribution is 2.04. The Labute approximate surface area is 86.8 Å². The van der Waals surface area contributed by atoms with Crippen LogP contribution in [0, 0.1) is 12.8 Å². The van der Waals surface area contributed by atoms with Gasteiger partial charge in [-0.2, -0.15) is 0 Å². The Morgan fingerprint density at radius 2 is 2.21 bits per heavy atom. The second kappa shape index (κ2) is 5.76. The Balaban J connectivity index is 2.28. The van der Waals surface area contributed by atoms with Gasteiger partial charge in [-0.3, -0.25) is 4.98 Å². The first-order chi connectivity index (χ1) is 6.70. The van der Waals surface area contributed by atoms with Gasteiger partial charge < -0.3 is 5.32 Å². The van der Waals surface area contributed by atoms with Crippen LogP contribution in [0.3, 0.4) is 0 Å². The lowest BCUT2D eigenvalue weighted by Gasteiger charge is -2.08. The first kappa shape index (κ1) is 11.2. The summed E-state index contributed by atoms with van der Waals surface area (Å²) in [5.41, 5.74) is 2.69. The van der Waals surface area contributed by atoms with Crippen LogP contribution in [-0.2, 0) is 6.42 Å². The highest BCUT2D eigenvalue weighted by Gasteiger charge is 1.97. The predicted molar refractivity (Wildman–Crippen MR) is 60.4 cm³/mol. The third-order valence-electron chi connectivity index (χ3n) is 2.26. The van der Waals surface area contributed by atoms with Gasteiger partial charge in [0.05, 0.1) is 0 Å². The summed E-state index contributed by atoms with van der Waals surface area (Å²) in [5, 5.41) is 3.44. The SMILES string of the molecule is Cc1cnccc1CCNCC(C)C. The number of pyridine rings is 1. The molecule has 0 aromatic carbocycles. The van der Waals surface area contributed by atoms with Crippen LogP contribution in [0.25, 0.3) is 0 Å². The fourth-order valence-electron chi connectivity index (χ4n) is 1.40. The Bertz CT molecular complexity index is 269. The maximum Gasteiger partial charge on any atom is 0.0299 e. The summed E-state index contributed by atoms with van der Waals surface area (Å²) >= 11 is 0. The molecule has 0 saturated heterocycles. The lowest BCUT2D eigenvalue weighted by Crippen LogP contribution is -2.22. The summed E-state index contributed by atoms with van der Waals surface area (Å²) in [4.78, 5) is 4.08. The molecule has 0 radical (unpaired) electrons. The van der Waals surface area contributed by atoms with Crippen molar-refractivity contribution in [3.8, 4) is 0 Å². The fraction of sp³-hybridized carbons (Fsp3) is 0.583. The molecule has 1 rings (SSSR count). The minimum Gasteiger partial charge on any atom is -0.316 e. The van der Waals surface area contributed by atoms with Crippen LogP contribution in [-0.4, -0.2) is 18.1 Å². The standard InChI is InChI=1S/C12H20N2/c1-10(2)8-13-6-4-12-5-7-14-9-11(12)3/h5,7,9-10,13H,4,6,8H2,1-3H3. The van der Waals surface area contributed by atoms with E-state index in [2.05, 4.69) is 37.1 Å². The van der Waals surface area contributed by atoms with Crippen LogP contribution in [0.15, 0.2) is 18.5 Å². The van der Waals surface area contributed by atoms with Gasteiger partial charge in [-0.25, -0.2) is 0 Å². The van der Waals surface area contributed by atoms with Crippen LogP contribution in [0.1, 0.15) is 25.0 Å². The second-order valence-corrected chi connectivity index (χ2v) is 4.15. The molecule has 0 bridgehead atoms. The maximum absolute atomic E-state index is 4.08. The van der Waals surface area contributed by atoms with E-state index in [-0.39, 0.29) is 0 Å². The lowest BCUT2D eigenvalue weighted by atomic mass is 10.1. The van der Waals surface area contributed by atoms with Crippen molar-refractivity contribution in [1.82, 2.24) is 10.3 Å². The van der Waals surface area contributed by atoms with Gasteiger partial charge in [-0.05, 0) is 49.5 Å². The predicted octanol–water partition coefficient (Wildman–Crippen LogP) is 2.18. The van der Waals surface area contributed by atoms with Crippen molar-refractivity contribution in [3.63, 3.8) is 0 Å². The second-order valence-electron chi connectivity index (χ2n) is 4.15. The van der Waals surface area contributed by atoms with E-state index in [9.17, 15) is 0 Å². The third kappa shape index (κ3) is 3.88. The highest BCUT2D eigenvalue weighted by atomic mass is 14.8. The molecule has 1 heterocycles. The van der Waals surface area contributed by atoms with Crippen molar-refractivity contribution in [2.75, 3.05) is 13.1 Å². The molecular weight excluding hydrogens is 172 g/mol. The zero-order valence-corrected chi connectivity index (χ0v) is 9.38. The van der Waals surface area contributed by atoms with Crippen molar-refractivity contribution in [3.05, 3.63) is 29.6 Å². The molecule has 0 aliphatic heterocycles. The molecular formula is C12H20N2. The largest absolute Gasteiger partial charge is 0.316 e. The molecule has 1 aromatic heterocycles.